The minimum Gasteiger partial charge on any atom is -0.384 e. The molecule has 3 nitrogen and oxygen atoms in total. The molecular weight excluding hydrogens is 285 g/mol. The highest BCUT2D eigenvalue weighted by atomic mass is 35.5. The van der Waals surface area contributed by atoms with E-state index in [1.807, 2.05) is 4.90 Å². The summed E-state index contributed by atoms with van der Waals surface area (Å²) in [4.78, 5) is 14.3. The fourth-order valence-corrected chi connectivity index (χ4v) is 2.84. The molecule has 0 aromatic heterocycles. The molecule has 0 radical (unpaired) electrons. The maximum Gasteiger partial charge on any atom is 0.255 e. The third-order valence-electron chi connectivity index (χ3n) is 3.39. The Balaban J connectivity index is 2.12. The second kappa shape index (κ2) is 6.60. The summed E-state index contributed by atoms with van der Waals surface area (Å²) in [6.45, 7) is 2.17. The van der Waals surface area contributed by atoms with Gasteiger partial charge in [0, 0.05) is 20.2 Å². The van der Waals surface area contributed by atoms with Gasteiger partial charge in [0.2, 0.25) is 0 Å². The summed E-state index contributed by atoms with van der Waals surface area (Å²) in [5.74, 6) is 0.356. The minimum absolute atomic E-state index is 0.0479. The molecule has 1 saturated heterocycles. The number of nitrogens with zero attached hydrogens (tertiary/aromatic N) is 1. The Hall–Kier alpha value is -0.770. The monoisotopic (exact) mass is 301 g/mol. The lowest BCUT2D eigenvalue weighted by atomic mass is 9.98. The summed E-state index contributed by atoms with van der Waals surface area (Å²) in [5.41, 5.74) is 0.479. The van der Waals surface area contributed by atoms with Gasteiger partial charge in [-0.1, -0.05) is 29.3 Å². The average Bonchev–Trinajstić information content (AvgIpc) is 2.42. The molecule has 1 aliphatic rings. The topological polar surface area (TPSA) is 29.5 Å². The van der Waals surface area contributed by atoms with Crippen molar-refractivity contribution < 1.29 is 9.53 Å². The van der Waals surface area contributed by atoms with Crippen LogP contribution < -0.4 is 0 Å². The van der Waals surface area contributed by atoms with E-state index in [1.54, 1.807) is 25.3 Å². The number of rotatable bonds is 3. The molecule has 0 saturated carbocycles. The first-order chi connectivity index (χ1) is 9.13. The van der Waals surface area contributed by atoms with Crippen molar-refractivity contribution in [3.63, 3.8) is 0 Å². The van der Waals surface area contributed by atoms with Crippen LogP contribution in [-0.2, 0) is 4.74 Å². The molecule has 19 heavy (non-hydrogen) atoms. The summed E-state index contributed by atoms with van der Waals surface area (Å²) in [7, 11) is 1.69. The van der Waals surface area contributed by atoms with E-state index in [0.29, 0.717) is 28.1 Å². The van der Waals surface area contributed by atoms with E-state index < -0.39 is 0 Å². The van der Waals surface area contributed by atoms with Gasteiger partial charge in [0.05, 0.1) is 22.2 Å². The Morgan fingerprint density at radius 2 is 2.26 bits per heavy atom. The van der Waals surface area contributed by atoms with Gasteiger partial charge in [-0.2, -0.15) is 0 Å². The molecule has 1 atom stereocenters. The fourth-order valence-electron chi connectivity index (χ4n) is 2.46. The van der Waals surface area contributed by atoms with Crippen LogP contribution in [0, 0.1) is 5.92 Å². The Kier molecular flexibility index (Phi) is 5.08. The summed E-state index contributed by atoms with van der Waals surface area (Å²) in [6, 6.07) is 5.15. The molecule has 1 fully saturated rings. The van der Waals surface area contributed by atoms with E-state index in [0.717, 1.165) is 25.9 Å². The van der Waals surface area contributed by atoms with Crippen molar-refractivity contribution in [3.8, 4) is 0 Å². The lowest BCUT2D eigenvalue weighted by Gasteiger charge is -2.32. The highest BCUT2D eigenvalue weighted by Crippen LogP contribution is 2.28. The van der Waals surface area contributed by atoms with Crippen molar-refractivity contribution in [1.82, 2.24) is 4.90 Å². The van der Waals surface area contributed by atoms with Crippen LogP contribution in [-0.4, -0.2) is 37.6 Å². The van der Waals surface area contributed by atoms with Gasteiger partial charge in [-0.05, 0) is 30.9 Å². The third kappa shape index (κ3) is 3.41. The van der Waals surface area contributed by atoms with Crippen molar-refractivity contribution in [1.29, 1.82) is 0 Å². The first-order valence-electron chi connectivity index (χ1n) is 6.35. The van der Waals surface area contributed by atoms with Crippen LogP contribution in [0.2, 0.25) is 10.0 Å². The van der Waals surface area contributed by atoms with E-state index in [9.17, 15) is 4.79 Å². The predicted octanol–water partition coefficient (Wildman–Crippen LogP) is 3.49. The molecule has 0 spiro atoms. The van der Waals surface area contributed by atoms with Gasteiger partial charge in [-0.25, -0.2) is 0 Å². The largest absolute Gasteiger partial charge is 0.384 e. The maximum atomic E-state index is 12.5. The number of hydrogen-bond donors (Lipinski definition) is 0. The molecule has 1 heterocycles. The van der Waals surface area contributed by atoms with E-state index in [-0.39, 0.29) is 5.91 Å². The van der Waals surface area contributed by atoms with Crippen LogP contribution in [0.4, 0.5) is 0 Å². The Bertz CT molecular complexity index is 463. The van der Waals surface area contributed by atoms with Crippen LogP contribution in [0.1, 0.15) is 23.2 Å². The highest BCUT2D eigenvalue weighted by Gasteiger charge is 2.25. The summed E-state index contributed by atoms with van der Waals surface area (Å²) >= 11 is 12.1. The number of halogens is 2. The zero-order valence-corrected chi connectivity index (χ0v) is 12.4. The van der Waals surface area contributed by atoms with Gasteiger partial charge in [0.25, 0.3) is 5.91 Å². The number of methoxy groups -OCH3 is 1. The standard InChI is InChI=1S/C14H17Cl2NO2/c1-19-9-10-4-3-7-17(8-10)14(18)11-5-2-6-12(15)13(11)16/h2,5-6,10H,3-4,7-9H2,1H3. The van der Waals surface area contributed by atoms with Crippen LogP contribution in [0.25, 0.3) is 0 Å². The number of likely N-dealkylation sites (tertiary alicyclic amines) is 1. The van der Waals surface area contributed by atoms with Gasteiger partial charge in [0.15, 0.2) is 0 Å². The Morgan fingerprint density at radius 3 is 3.00 bits per heavy atom. The lowest BCUT2D eigenvalue weighted by molar-refractivity contribution is 0.0571. The zero-order valence-electron chi connectivity index (χ0n) is 10.9. The van der Waals surface area contributed by atoms with Gasteiger partial charge < -0.3 is 9.64 Å². The van der Waals surface area contributed by atoms with Gasteiger partial charge in [-0.15, -0.1) is 0 Å². The zero-order chi connectivity index (χ0) is 13.8. The summed E-state index contributed by atoms with van der Waals surface area (Å²) in [6.07, 6.45) is 2.10. The number of amides is 1. The molecule has 5 heteroatoms. The molecule has 1 amide bonds. The average molecular weight is 302 g/mol. The maximum absolute atomic E-state index is 12.5. The Labute approximate surface area is 123 Å². The van der Waals surface area contributed by atoms with E-state index in [2.05, 4.69) is 0 Å². The number of carbonyl (C=O) groups excluding carboxylic acids is 1. The van der Waals surface area contributed by atoms with Gasteiger partial charge >= 0.3 is 0 Å². The first kappa shape index (κ1) is 14.6. The molecule has 2 rings (SSSR count). The number of hydrogen-bond acceptors (Lipinski definition) is 2. The van der Waals surface area contributed by atoms with Crippen molar-refractivity contribution in [3.05, 3.63) is 33.8 Å². The third-order valence-corrected chi connectivity index (χ3v) is 4.21. The molecule has 1 aliphatic heterocycles. The fraction of sp³-hybridized carbons (Fsp3) is 0.500. The normalized spacial score (nSPS) is 19.5. The highest BCUT2D eigenvalue weighted by molar-refractivity contribution is 6.43. The lowest BCUT2D eigenvalue weighted by Crippen LogP contribution is -2.41. The molecule has 104 valence electrons. The smallest absolute Gasteiger partial charge is 0.255 e. The van der Waals surface area contributed by atoms with Crippen molar-refractivity contribution in [2.45, 2.75) is 12.8 Å². The van der Waals surface area contributed by atoms with Crippen molar-refractivity contribution in [2.24, 2.45) is 5.92 Å². The van der Waals surface area contributed by atoms with Crippen molar-refractivity contribution >= 4 is 29.1 Å². The van der Waals surface area contributed by atoms with E-state index in [4.69, 9.17) is 27.9 Å². The quantitative estimate of drug-likeness (QED) is 0.855. The number of ether oxygens (including phenoxy) is 1. The van der Waals surface area contributed by atoms with Gasteiger partial charge in [-0.3, -0.25) is 4.79 Å². The van der Waals surface area contributed by atoms with Crippen LogP contribution in [0.15, 0.2) is 18.2 Å². The van der Waals surface area contributed by atoms with E-state index >= 15 is 0 Å². The van der Waals surface area contributed by atoms with Gasteiger partial charge in [0.1, 0.15) is 0 Å². The van der Waals surface area contributed by atoms with E-state index in [1.165, 1.54) is 0 Å². The van der Waals surface area contributed by atoms with Crippen LogP contribution in [0.3, 0.4) is 0 Å². The van der Waals surface area contributed by atoms with Crippen LogP contribution >= 0.6 is 23.2 Å². The molecule has 0 N–H and O–H groups in total. The van der Waals surface area contributed by atoms with Crippen LogP contribution in [0.5, 0.6) is 0 Å². The molecule has 0 aliphatic carbocycles. The predicted molar refractivity (Wildman–Crippen MR) is 77.0 cm³/mol. The second-order valence-electron chi connectivity index (χ2n) is 4.82. The molecule has 1 aromatic rings. The number of benzene rings is 1. The van der Waals surface area contributed by atoms with Crippen molar-refractivity contribution in [2.75, 3.05) is 26.8 Å². The second-order valence-corrected chi connectivity index (χ2v) is 5.60. The molecular formula is C14H17Cl2NO2. The summed E-state index contributed by atoms with van der Waals surface area (Å²) in [5, 5.41) is 0.751. The Morgan fingerprint density at radius 1 is 1.47 bits per heavy atom. The number of carbonyl (C=O) groups is 1. The summed E-state index contributed by atoms with van der Waals surface area (Å²) < 4.78 is 5.17. The molecule has 0 bridgehead atoms. The molecule has 1 aromatic carbocycles. The minimum atomic E-state index is -0.0479. The SMILES string of the molecule is COCC1CCCN(C(=O)c2cccc(Cl)c2Cl)C1. The molecule has 1 unspecified atom stereocenters. The number of piperidine rings is 1. The first-order valence-corrected chi connectivity index (χ1v) is 7.11.